The molecule has 0 aromatic carbocycles. The Hall–Kier alpha value is 1.22. The van der Waals surface area contributed by atoms with Crippen molar-refractivity contribution in [3.05, 3.63) is 0 Å². The van der Waals surface area contributed by atoms with E-state index in [1.807, 2.05) is 0 Å². The van der Waals surface area contributed by atoms with Gasteiger partial charge in [-0.2, -0.15) is 26.3 Å². The van der Waals surface area contributed by atoms with E-state index in [4.69, 9.17) is 0 Å². The number of halogens is 6. The van der Waals surface area contributed by atoms with E-state index in [1.54, 1.807) is 0 Å². The molecule has 0 spiro atoms. The van der Waals surface area contributed by atoms with Crippen LogP contribution in [0.25, 0.3) is 0 Å². The van der Waals surface area contributed by atoms with Gasteiger partial charge < -0.3 is 1.43 Å². The van der Waals surface area contributed by atoms with Crippen molar-refractivity contribution in [2.45, 2.75) is 12.4 Å². The largest absolute Gasteiger partial charge is 1.00 e. The quantitative estimate of drug-likeness (QED) is 0.337. The van der Waals surface area contributed by atoms with E-state index in [9.17, 15) is 26.3 Å². The molecule has 0 aliphatic heterocycles. The third kappa shape index (κ3) is 4.60. The third-order valence-corrected chi connectivity index (χ3v) is 0.321. The van der Waals surface area contributed by atoms with E-state index >= 15 is 0 Å². The van der Waals surface area contributed by atoms with E-state index in [0.717, 1.165) is 0 Å². The van der Waals surface area contributed by atoms with Crippen molar-refractivity contribution in [2.75, 3.05) is 0 Å². The third-order valence-electron chi connectivity index (χ3n) is 0.321. The topological polar surface area (TPSA) is 0 Å². The van der Waals surface area contributed by atoms with Crippen LogP contribution in [0.5, 0.6) is 0 Å². The molecule has 0 radical (unpaired) electrons. The summed E-state index contributed by atoms with van der Waals surface area (Å²) in [6.45, 7) is 0. The first-order valence-electron chi connectivity index (χ1n) is 1.38. The van der Waals surface area contributed by atoms with Gasteiger partial charge in [-0.05, 0) is 0 Å². The maximum Gasteiger partial charge on any atom is 1.00 e. The number of hydrogen-bond donors (Lipinski definition) is 0. The van der Waals surface area contributed by atoms with Crippen LogP contribution in [0, 0.1) is 0 Å². The Morgan fingerprint density at radius 1 is 0.667 bits per heavy atom. The Morgan fingerprint density at radius 3 is 0.778 bits per heavy atom. The van der Waals surface area contributed by atoms with E-state index in [2.05, 4.69) is 0 Å². The molecule has 0 amide bonds. The van der Waals surface area contributed by atoms with Gasteiger partial charge in [-0.15, -0.1) is 0 Å². The maximum atomic E-state index is 10.4. The van der Waals surface area contributed by atoms with Crippen LogP contribution in [-0.4, -0.2) is 12.4 Å². The predicted octanol–water partition coefficient (Wildman–Crippen LogP) is -0.773. The molecule has 0 fully saturated rings. The fourth-order valence-corrected chi connectivity index (χ4v) is 0. The Morgan fingerprint density at radius 2 is 0.778 bits per heavy atom. The molecule has 7 heteroatoms. The summed E-state index contributed by atoms with van der Waals surface area (Å²) in [5, 5.41) is 0. The van der Waals surface area contributed by atoms with Crippen LogP contribution in [0.2, 0.25) is 0 Å². The fourth-order valence-electron chi connectivity index (χ4n) is 0. The van der Waals surface area contributed by atoms with Gasteiger partial charge in [0.1, 0.15) is 0 Å². The first-order chi connectivity index (χ1) is 3.25. The van der Waals surface area contributed by atoms with E-state index in [0.29, 0.717) is 0 Å². The van der Waals surface area contributed by atoms with Gasteiger partial charge in [-0.1, -0.05) is 0 Å². The standard InChI is InChI=1S/C2F6.K.H/c3-1(4,5)2(6,7)8;;/q;+1;-1. The van der Waals surface area contributed by atoms with Crippen molar-refractivity contribution < 1.29 is 79.2 Å². The van der Waals surface area contributed by atoms with Crippen molar-refractivity contribution in [3.8, 4) is 0 Å². The van der Waals surface area contributed by atoms with Crippen molar-refractivity contribution in [1.82, 2.24) is 0 Å². The summed E-state index contributed by atoms with van der Waals surface area (Å²) in [6.07, 6.45) is -12.1. The summed E-state index contributed by atoms with van der Waals surface area (Å²) in [5.74, 6) is 0. The van der Waals surface area contributed by atoms with Gasteiger partial charge in [0.2, 0.25) is 0 Å². The van der Waals surface area contributed by atoms with Gasteiger partial charge >= 0.3 is 63.7 Å². The summed E-state index contributed by atoms with van der Waals surface area (Å²) in [5.41, 5.74) is 0. The number of hydrogen-bond acceptors (Lipinski definition) is 0. The van der Waals surface area contributed by atoms with Gasteiger partial charge in [0, 0.05) is 0 Å². The molecule has 0 heterocycles. The maximum absolute atomic E-state index is 10.4. The number of alkyl halides is 6. The Labute approximate surface area is 90.5 Å². The van der Waals surface area contributed by atoms with Gasteiger partial charge in [0.25, 0.3) is 0 Å². The average molecular weight is 178 g/mol. The van der Waals surface area contributed by atoms with Crippen LogP contribution >= 0.6 is 0 Å². The molecule has 0 nitrogen and oxygen atoms in total. The van der Waals surface area contributed by atoms with Crippen molar-refractivity contribution in [3.63, 3.8) is 0 Å². The van der Waals surface area contributed by atoms with E-state index < -0.39 is 12.4 Å². The van der Waals surface area contributed by atoms with E-state index in [-0.39, 0.29) is 52.8 Å². The number of rotatable bonds is 0. The summed E-state index contributed by atoms with van der Waals surface area (Å²) >= 11 is 0. The van der Waals surface area contributed by atoms with Crippen LogP contribution < -0.4 is 51.4 Å². The van der Waals surface area contributed by atoms with Gasteiger partial charge in [0.05, 0.1) is 0 Å². The molecule has 0 saturated heterocycles. The van der Waals surface area contributed by atoms with Crippen LogP contribution in [0.15, 0.2) is 0 Å². The van der Waals surface area contributed by atoms with Crippen molar-refractivity contribution in [2.24, 2.45) is 0 Å². The Bertz CT molecular complexity index is 70.7. The summed E-state index contributed by atoms with van der Waals surface area (Å²) in [6, 6.07) is 0. The first-order valence-corrected chi connectivity index (χ1v) is 1.38. The predicted molar refractivity (Wildman–Crippen MR) is 13.2 cm³/mol. The molecule has 0 aliphatic rings. The minimum absolute atomic E-state index is 0. The zero-order valence-electron chi connectivity index (χ0n) is 5.27. The second-order valence-corrected chi connectivity index (χ2v) is 0.996. The molecular weight excluding hydrogens is 177 g/mol. The molecule has 0 saturated carbocycles. The van der Waals surface area contributed by atoms with Crippen molar-refractivity contribution in [1.29, 1.82) is 0 Å². The van der Waals surface area contributed by atoms with Crippen LogP contribution in [0.4, 0.5) is 26.3 Å². The molecule has 0 aromatic rings. The molecular formula is C2HF6K. The molecule has 52 valence electrons. The van der Waals surface area contributed by atoms with E-state index in [1.165, 1.54) is 0 Å². The molecule has 0 unspecified atom stereocenters. The summed E-state index contributed by atoms with van der Waals surface area (Å²) < 4.78 is 62.6. The second-order valence-electron chi connectivity index (χ2n) is 0.996. The SMILES string of the molecule is FC(F)(F)C(F)(F)F.[H-].[K+]. The molecule has 0 aliphatic carbocycles. The van der Waals surface area contributed by atoms with Gasteiger partial charge in [-0.25, -0.2) is 0 Å². The van der Waals surface area contributed by atoms with Crippen molar-refractivity contribution >= 4 is 0 Å². The minimum atomic E-state index is -6.06. The van der Waals surface area contributed by atoms with Crippen LogP contribution in [0.1, 0.15) is 1.43 Å². The minimum Gasteiger partial charge on any atom is -1.00 e. The Balaban J connectivity index is -0.000000245. The molecule has 0 rings (SSSR count). The first kappa shape index (κ1) is 12.9. The molecule has 9 heavy (non-hydrogen) atoms. The van der Waals surface area contributed by atoms with Gasteiger partial charge in [0.15, 0.2) is 0 Å². The summed E-state index contributed by atoms with van der Waals surface area (Å²) in [7, 11) is 0. The smallest absolute Gasteiger partial charge is 1.00 e. The van der Waals surface area contributed by atoms with Crippen LogP contribution in [-0.2, 0) is 0 Å². The normalized spacial score (nSPS) is 12.7. The zero-order chi connectivity index (χ0) is 7.00. The molecule has 0 aromatic heterocycles. The van der Waals surface area contributed by atoms with Crippen LogP contribution in [0.3, 0.4) is 0 Å². The monoisotopic (exact) mass is 178 g/mol. The average Bonchev–Trinajstić information content (AvgIpc) is 1.25. The molecule has 0 bridgehead atoms. The zero-order valence-corrected chi connectivity index (χ0v) is 7.39. The van der Waals surface area contributed by atoms with Gasteiger partial charge in [-0.3, -0.25) is 0 Å². The Kier molecular flexibility index (Phi) is 5.09. The fraction of sp³-hybridized carbons (Fsp3) is 1.00. The molecule has 0 N–H and O–H groups in total. The molecule has 0 atom stereocenters. The summed E-state index contributed by atoms with van der Waals surface area (Å²) in [4.78, 5) is 0. The second kappa shape index (κ2) is 3.56.